The zero-order chi connectivity index (χ0) is 23.0. The Morgan fingerprint density at radius 1 is 1.06 bits per heavy atom. The first-order valence-electron chi connectivity index (χ1n) is 11.5. The molecule has 2 bridgehead atoms. The van der Waals surface area contributed by atoms with Crippen molar-refractivity contribution in [2.24, 2.45) is 5.92 Å². The van der Waals surface area contributed by atoms with Crippen molar-refractivity contribution < 1.29 is 27.4 Å². The van der Waals surface area contributed by atoms with E-state index < -0.39 is 6.36 Å². The molecule has 1 aliphatic carbocycles. The van der Waals surface area contributed by atoms with Crippen LogP contribution >= 0.6 is 0 Å². The van der Waals surface area contributed by atoms with E-state index in [4.69, 9.17) is 4.74 Å². The van der Waals surface area contributed by atoms with Crippen LogP contribution in [0, 0.1) is 5.92 Å². The number of halogens is 3. The fourth-order valence-corrected chi connectivity index (χ4v) is 5.41. The van der Waals surface area contributed by atoms with Crippen molar-refractivity contribution in [2.75, 3.05) is 19.6 Å². The van der Waals surface area contributed by atoms with Gasteiger partial charge in [0, 0.05) is 12.1 Å². The number of rotatable bonds is 4. The number of hydrogen-bond donors (Lipinski definition) is 1. The number of benzene rings is 2. The van der Waals surface area contributed by atoms with Gasteiger partial charge in [0.25, 0.3) is 0 Å². The van der Waals surface area contributed by atoms with Gasteiger partial charge in [0.15, 0.2) is 0 Å². The second-order valence-corrected chi connectivity index (χ2v) is 9.13. The van der Waals surface area contributed by atoms with Crippen molar-refractivity contribution in [1.29, 1.82) is 0 Å². The fraction of sp³-hybridized carbons (Fsp3) is 0.480. The van der Waals surface area contributed by atoms with Gasteiger partial charge in [-0.15, -0.1) is 13.2 Å². The summed E-state index contributed by atoms with van der Waals surface area (Å²) in [5, 5.41) is 3.03. The quantitative estimate of drug-likeness (QED) is 0.659. The minimum absolute atomic E-state index is 0.0527. The van der Waals surface area contributed by atoms with E-state index in [1.807, 2.05) is 12.1 Å². The number of ether oxygens (including phenoxy) is 2. The van der Waals surface area contributed by atoms with Gasteiger partial charge in [-0.05, 0) is 73.9 Å². The lowest BCUT2D eigenvalue weighted by molar-refractivity contribution is -0.274. The van der Waals surface area contributed by atoms with E-state index in [1.165, 1.54) is 12.1 Å². The summed E-state index contributed by atoms with van der Waals surface area (Å²) in [6, 6.07) is 11.6. The van der Waals surface area contributed by atoms with Crippen molar-refractivity contribution in [2.45, 2.75) is 50.6 Å². The van der Waals surface area contributed by atoms with Gasteiger partial charge >= 0.3 is 12.5 Å². The summed E-state index contributed by atoms with van der Waals surface area (Å²) < 4.78 is 48.5. The lowest BCUT2D eigenvalue weighted by Gasteiger charge is -2.44. The van der Waals surface area contributed by atoms with E-state index in [9.17, 15) is 18.0 Å². The molecule has 33 heavy (non-hydrogen) atoms. The molecule has 0 spiro atoms. The predicted molar refractivity (Wildman–Crippen MR) is 117 cm³/mol. The van der Waals surface area contributed by atoms with Gasteiger partial charge in [0.1, 0.15) is 11.9 Å². The Balaban J connectivity index is 1.31. The van der Waals surface area contributed by atoms with Crippen LogP contribution in [0.25, 0.3) is 11.1 Å². The number of amides is 1. The van der Waals surface area contributed by atoms with Gasteiger partial charge in [-0.2, -0.15) is 0 Å². The van der Waals surface area contributed by atoms with Gasteiger partial charge in [0.2, 0.25) is 0 Å². The van der Waals surface area contributed by atoms with Gasteiger partial charge in [-0.1, -0.05) is 36.4 Å². The predicted octanol–water partition coefficient (Wildman–Crippen LogP) is 5.45. The minimum atomic E-state index is -4.76. The number of alkyl halides is 3. The highest BCUT2D eigenvalue weighted by Gasteiger charge is 2.37. The highest BCUT2D eigenvalue weighted by molar-refractivity contribution is 5.72. The van der Waals surface area contributed by atoms with Crippen LogP contribution in [0.2, 0.25) is 0 Å². The number of carbonyl (C=O) groups excluding carboxylic acids is 1. The third-order valence-corrected chi connectivity index (χ3v) is 7.03. The van der Waals surface area contributed by atoms with E-state index in [-0.39, 0.29) is 24.0 Å². The minimum Gasteiger partial charge on any atom is -0.445 e. The summed E-state index contributed by atoms with van der Waals surface area (Å²) in [4.78, 5) is 15.0. The maximum atomic E-state index is 12.8. The van der Waals surface area contributed by atoms with Gasteiger partial charge in [-0.3, -0.25) is 4.90 Å². The van der Waals surface area contributed by atoms with Crippen LogP contribution in [0.5, 0.6) is 5.75 Å². The zero-order valence-corrected chi connectivity index (χ0v) is 18.2. The average Bonchev–Trinajstić information content (AvgIpc) is 2.79. The number of aryl methyl sites for hydroxylation is 1. The van der Waals surface area contributed by atoms with Crippen molar-refractivity contribution in [3.8, 4) is 16.9 Å². The molecule has 0 radical (unpaired) electrons. The average molecular weight is 460 g/mol. The lowest BCUT2D eigenvalue weighted by atomic mass is 9.85. The van der Waals surface area contributed by atoms with Crippen LogP contribution < -0.4 is 10.1 Å². The first-order chi connectivity index (χ1) is 15.9. The topological polar surface area (TPSA) is 50.8 Å². The van der Waals surface area contributed by atoms with Crippen LogP contribution in [-0.4, -0.2) is 43.1 Å². The second-order valence-electron chi connectivity index (χ2n) is 9.13. The van der Waals surface area contributed by atoms with Gasteiger partial charge in [-0.25, -0.2) is 4.79 Å². The molecule has 3 fully saturated rings. The smallest absolute Gasteiger partial charge is 0.445 e. The highest BCUT2D eigenvalue weighted by Crippen LogP contribution is 2.38. The molecule has 2 atom stereocenters. The van der Waals surface area contributed by atoms with Crippen molar-refractivity contribution in [1.82, 2.24) is 10.2 Å². The Morgan fingerprint density at radius 3 is 2.58 bits per heavy atom. The number of piperidine rings is 3. The largest absolute Gasteiger partial charge is 0.573 e. The summed E-state index contributed by atoms with van der Waals surface area (Å²) in [7, 11) is 0. The van der Waals surface area contributed by atoms with E-state index in [0.29, 0.717) is 17.0 Å². The van der Waals surface area contributed by atoms with E-state index in [2.05, 4.69) is 15.0 Å². The van der Waals surface area contributed by atoms with Crippen LogP contribution in [0.3, 0.4) is 0 Å². The maximum absolute atomic E-state index is 12.8. The molecule has 8 heteroatoms. The van der Waals surface area contributed by atoms with Gasteiger partial charge < -0.3 is 14.8 Å². The summed E-state index contributed by atoms with van der Waals surface area (Å²) >= 11 is 0. The van der Waals surface area contributed by atoms with E-state index in [1.54, 1.807) is 18.2 Å². The molecule has 1 amide bonds. The third kappa shape index (κ3) is 4.95. The Hall–Kier alpha value is -2.74. The van der Waals surface area contributed by atoms with Crippen LogP contribution in [0.15, 0.2) is 42.5 Å². The molecule has 1 unspecified atom stereocenters. The number of nitrogens with zero attached hydrogens (tertiary/aromatic N) is 1. The molecule has 3 heterocycles. The molecular formula is C25H27F3N2O3. The Morgan fingerprint density at radius 2 is 1.85 bits per heavy atom. The maximum Gasteiger partial charge on any atom is 0.573 e. The first kappa shape index (κ1) is 22.1. The third-order valence-electron chi connectivity index (χ3n) is 7.03. The first-order valence-corrected chi connectivity index (χ1v) is 11.5. The van der Waals surface area contributed by atoms with Crippen LogP contribution in [0.1, 0.15) is 42.9 Å². The number of alkyl carbamates (subject to hydrolysis) is 1. The lowest BCUT2D eigenvalue weighted by Crippen LogP contribution is -2.52. The van der Waals surface area contributed by atoms with E-state index >= 15 is 0 Å². The Kier molecular flexibility index (Phi) is 5.95. The number of para-hydroxylation sites is 1. The second kappa shape index (κ2) is 8.89. The molecule has 2 aromatic rings. The Labute approximate surface area is 190 Å². The molecule has 6 rings (SSSR count). The number of fused-ring (bicyclic) bond motifs is 4. The monoisotopic (exact) mass is 460 g/mol. The molecule has 3 aliphatic heterocycles. The fourth-order valence-electron chi connectivity index (χ4n) is 5.41. The molecule has 3 saturated heterocycles. The van der Waals surface area contributed by atoms with Gasteiger partial charge in [0.05, 0.1) is 6.04 Å². The summed E-state index contributed by atoms with van der Waals surface area (Å²) in [6.07, 6.45) is -0.564. The highest BCUT2D eigenvalue weighted by atomic mass is 19.4. The normalized spacial score (nSPS) is 26.4. The molecule has 2 aromatic carbocycles. The summed E-state index contributed by atoms with van der Waals surface area (Å²) in [5.74, 6) is 0.220. The zero-order valence-electron chi connectivity index (χ0n) is 18.2. The van der Waals surface area contributed by atoms with Crippen LogP contribution in [0.4, 0.5) is 18.0 Å². The molecule has 0 aromatic heterocycles. The number of carbonyl (C=O) groups is 1. The molecule has 4 aliphatic rings. The Bertz CT molecular complexity index is 1020. The van der Waals surface area contributed by atoms with E-state index in [0.717, 1.165) is 62.9 Å². The number of nitrogens with one attached hydrogen (secondary N) is 1. The summed E-state index contributed by atoms with van der Waals surface area (Å²) in [5.41, 5.74) is 3.05. The van der Waals surface area contributed by atoms with Crippen molar-refractivity contribution >= 4 is 6.09 Å². The van der Waals surface area contributed by atoms with Crippen molar-refractivity contribution in [3.05, 3.63) is 53.6 Å². The SMILES string of the molecule is O=C(NC1CCCc2cc(-c3ccccc3OC(F)(F)F)ccc21)O[C@H]1CN2CCC1CC2. The molecule has 0 saturated carbocycles. The summed E-state index contributed by atoms with van der Waals surface area (Å²) in [6.45, 7) is 2.98. The van der Waals surface area contributed by atoms with Crippen LogP contribution in [-0.2, 0) is 11.2 Å². The standard InChI is InChI=1S/C25H27F3N2O3/c26-25(27,28)33-22-7-2-1-5-20(22)18-8-9-19-17(14-18)4-3-6-21(19)29-24(31)32-23-15-30-12-10-16(23)11-13-30/h1-2,5,7-9,14,16,21,23H,3-4,6,10-13,15H2,(H,29,31)/t21?,23-/m0/s1. The molecule has 176 valence electrons. The molecular weight excluding hydrogens is 433 g/mol. The molecule has 1 N–H and O–H groups in total. The number of hydrogen-bond acceptors (Lipinski definition) is 4. The molecule has 5 nitrogen and oxygen atoms in total. The van der Waals surface area contributed by atoms with Crippen molar-refractivity contribution in [3.63, 3.8) is 0 Å².